The monoisotopic (exact) mass is 349 g/mol. The molecule has 0 saturated carbocycles. The molecule has 0 amide bonds. The number of para-hydroxylation sites is 1. The molecule has 3 rings (SSSR count). The Balaban J connectivity index is 1.73. The largest absolute Gasteiger partial charge is 0.487 e. The summed E-state index contributed by atoms with van der Waals surface area (Å²) in [6.45, 7) is 0.369. The van der Waals surface area contributed by atoms with Crippen molar-refractivity contribution in [1.29, 1.82) is 0 Å². The number of carbonyl (C=O) groups is 1. The molecule has 0 fully saturated rings. The molecule has 3 nitrogen and oxygen atoms in total. The van der Waals surface area contributed by atoms with Gasteiger partial charge in [-0.25, -0.2) is 0 Å². The highest BCUT2D eigenvalue weighted by atomic mass is 35.5. The first-order chi connectivity index (χ1) is 12.2. The molecule has 3 aromatic rings. The topological polar surface area (TPSA) is 39.2 Å². The van der Waals surface area contributed by atoms with Crippen LogP contribution in [0.3, 0.4) is 0 Å². The molecule has 4 heteroatoms. The van der Waals surface area contributed by atoms with Crippen LogP contribution in [0.25, 0.3) is 6.08 Å². The van der Waals surface area contributed by atoms with Crippen molar-refractivity contribution in [2.45, 2.75) is 6.61 Å². The maximum Gasteiger partial charge on any atom is 0.185 e. The third-order valence-electron chi connectivity index (χ3n) is 3.54. The molecule has 0 saturated heterocycles. The van der Waals surface area contributed by atoms with Gasteiger partial charge in [-0.15, -0.1) is 0 Å². The minimum Gasteiger partial charge on any atom is -0.487 e. The van der Waals surface area contributed by atoms with Crippen LogP contribution in [0.5, 0.6) is 5.75 Å². The standard InChI is InChI=1S/C21H16ClNO2/c22-18-8-5-7-17(14-18)20(24)12-11-16-6-1-2-10-21(16)25-15-19-9-3-4-13-23-19/h1-14H,15H2. The molecule has 1 aromatic heterocycles. The van der Waals surface area contributed by atoms with E-state index in [-0.39, 0.29) is 5.78 Å². The van der Waals surface area contributed by atoms with E-state index >= 15 is 0 Å². The van der Waals surface area contributed by atoms with Gasteiger partial charge in [0.05, 0.1) is 5.69 Å². The molecule has 0 aliphatic rings. The van der Waals surface area contributed by atoms with E-state index in [1.807, 2.05) is 42.5 Å². The van der Waals surface area contributed by atoms with Crippen LogP contribution in [0.1, 0.15) is 21.6 Å². The third kappa shape index (κ3) is 4.78. The second-order valence-corrected chi connectivity index (χ2v) is 5.79. The Hall–Kier alpha value is -2.91. The van der Waals surface area contributed by atoms with E-state index in [2.05, 4.69) is 4.98 Å². The first-order valence-electron chi connectivity index (χ1n) is 7.82. The van der Waals surface area contributed by atoms with Crippen molar-refractivity contribution in [2.75, 3.05) is 0 Å². The molecular weight excluding hydrogens is 334 g/mol. The molecule has 0 aliphatic heterocycles. The van der Waals surface area contributed by atoms with E-state index in [4.69, 9.17) is 16.3 Å². The SMILES string of the molecule is O=C(C=Cc1ccccc1OCc1ccccn1)c1cccc(Cl)c1. The van der Waals surface area contributed by atoms with Crippen molar-refractivity contribution in [3.05, 3.63) is 101 Å². The van der Waals surface area contributed by atoms with E-state index in [1.54, 1.807) is 36.5 Å². The molecule has 124 valence electrons. The lowest BCUT2D eigenvalue weighted by molar-refractivity contribution is 0.104. The van der Waals surface area contributed by atoms with Crippen LogP contribution in [0.4, 0.5) is 0 Å². The Labute approximate surface area is 151 Å². The van der Waals surface area contributed by atoms with E-state index in [0.717, 1.165) is 11.3 Å². The van der Waals surface area contributed by atoms with Crippen molar-refractivity contribution in [1.82, 2.24) is 4.98 Å². The Morgan fingerprint density at radius 1 is 1.04 bits per heavy atom. The van der Waals surface area contributed by atoms with Crippen molar-refractivity contribution in [3.8, 4) is 5.75 Å². The lowest BCUT2D eigenvalue weighted by Crippen LogP contribution is -1.99. The quantitative estimate of drug-likeness (QED) is 0.453. The highest BCUT2D eigenvalue weighted by molar-refractivity contribution is 6.31. The number of rotatable bonds is 6. The number of pyridine rings is 1. The summed E-state index contributed by atoms with van der Waals surface area (Å²) in [5, 5.41) is 0.540. The fourth-order valence-electron chi connectivity index (χ4n) is 2.29. The van der Waals surface area contributed by atoms with E-state index < -0.39 is 0 Å². The molecule has 0 N–H and O–H groups in total. The first-order valence-corrected chi connectivity index (χ1v) is 8.20. The van der Waals surface area contributed by atoms with E-state index in [9.17, 15) is 4.79 Å². The summed E-state index contributed by atoms with van der Waals surface area (Å²) in [6.07, 6.45) is 5.00. The van der Waals surface area contributed by atoms with Gasteiger partial charge in [0.2, 0.25) is 0 Å². The fraction of sp³-hybridized carbons (Fsp3) is 0.0476. The molecule has 0 aliphatic carbocycles. The molecule has 0 unspecified atom stereocenters. The van der Waals surface area contributed by atoms with Gasteiger partial charge < -0.3 is 4.74 Å². The maximum absolute atomic E-state index is 12.3. The van der Waals surface area contributed by atoms with Gasteiger partial charge in [0.15, 0.2) is 5.78 Å². The van der Waals surface area contributed by atoms with E-state index in [1.165, 1.54) is 6.08 Å². The van der Waals surface area contributed by atoms with Gasteiger partial charge >= 0.3 is 0 Å². The van der Waals surface area contributed by atoms with Crippen molar-refractivity contribution < 1.29 is 9.53 Å². The van der Waals surface area contributed by atoms with Crippen LogP contribution in [0, 0.1) is 0 Å². The predicted octanol–water partition coefficient (Wildman–Crippen LogP) is 5.21. The summed E-state index contributed by atoms with van der Waals surface area (Å²) in [5.41, 5.74) is 2.22. The molecule has 0 bridgehead atoms. The summed E-state index contributed by atoms with van der Waals surface area (Å²) in [4.78, 5) is 16.5. The number of ketones is 1. The smallest absolute Gasteiger partial charge is 0.185 e. The number of carbonyl (C=O) groups excluding carboxylic acids is 1. The van der Waals surface area contributed by atoms with Gasteiger partial charge in [0.25, 0.3) is 0 Å². The zero-order valence-electron chi connectivity index (χ0n) is 13.4. The van der Waals surface area contributed by atoms with Gasteiger partial charge in [0.1, 0.15) is 12.4 Å². The van der Waals surface area contributed by atoms with Crippen molar-refractivity contribution in [3.63, 3.8) is 0 Å². The Bertz CT molecular complexity index is 891. The number of aromatic nitrogens is 1. The Morgan fingerprint density at radius 3 is 2.68 bits per heavy atom. The molecule has 1 heterocycles. The van der Waals surface area contributed by atoms with Crippen LogP contribution in [-0.4, -0.2) is 10.8 Å². The summed E-state index contributed by atoms with van der Waals surface area (Å²) in [6, 6.07) is 20.1. The minimum atomic E-state index is -0.109. The molecule has 0 spiro atoms. The minimum absolute atomic E-state index is 0.109. The third-order valence-corrected chi connectivity index (χ3v) is 3.78. The number of hydrogen-bond donors (Lipinski definition) is 0. The highest BCUT2D eigenvalue weighted by Gasteiger charge is 2.04. The maximum atomic E-state index is 12.3. The lowest BCUT2D eigenvalue weighted by atomic mass is 10.1. The second-order valence-electron chi connectivity index (χ2n) is 5.36. The lowest BCUT2D eigenvalue weighted by Gasteiger charge is -2.08. The molecule has 0 atom stereocenters. The van der Waals surface area contributed by atoms with E-state index in [0.29, 0.717) is 22.9 Å². The summed E-state index contributed by atoms with van der Waals surface area (Å²) < 4.78 is 5.83. The van der Waals surface area contributed by atoms with Crippen LogP contribution in [-0.2, 0) is 6.61 Å². The number of nitrogens with zero attached hydrogens (tertiary/aromatic N) is 1. The fourth-order valence-corrected chi connectivity index (χ4v) is 2.48. The summed E-state index contributed by atoms with van der Waals surface area (Å²) in [5.74, 6) is 0.588. The number of hydrogen-bond acceptors (Lipinski definition) is 3. The van der Waals surface area contributed by atoms with Gasteiger partial charge in [-0.05, 0) is 42.5 Å². The normalized spacial score (nSPS) is 10.8. The zero-order chi connectivity index (χ0) is 17.5. The summed E-state index contributed by atoms with van der Waals surface area (Å²) >= 11 is 5.93. The number of ether oxygens (including phenoxy) is 1. The first kappa shape index (κ1) is 16.9. The van der Waals surface area contributed by atoms with Crippen molar-refractivity contribution >= 4 is 23.5 Å². The predicted molar refractivity (Wildman–Crippen MR) is 99.8 cm³/mol. The Kier molecular flexibility index (Phi) is 5.60. The molecular formula is C21H16ClNO2. The number of allylic oxidation sites excluding steroid dienone is 1. The van der Waals surface area contributed by atoms with Crippen molar-refractivity contribution in [2.24, 2.45) is 0 Å². The summed E-state index contributed by atoms with van der Waals surface area (Å²) in [7, 11) is 0. The molecule has 25 heavy (non-hydrogen) atoms. The van der Waals surface area contributed by atoms with Gasteiger partial charge in [0, 0.05) is 22.3 Å². The molecule has 0 radical (unpaired) electrons. The highest BCUT2D eigenvalue weighted by Crippen LogP contribution is 2.21. The number of benzene rings is 2. The van der Waals surface area contributed by atoms with Crippen LogP contribution >= 0.6 is 11.6 Å². The average molecular weight is 350 g/mol. The van der Waals surface area contributed by atoms with Crippen LogP contribution < -0.4 is 4.74 Å². The zero-order valence-corrected chi connectivity index (χ0v) is 14.2. The van der Waals surface area contributed by atoms with Gasteiger partial charge in [-0.1, -0.05) is 48.0 Å². The molecule has 2 aromatic carbocycles. The van der Waals surface area contributed by atoms with Gasteiger partial charge in [-0.2, -0.15) is 0 Å². The van der Waals surface area contributed by atoms with Crippen LogP contribution in [0.15, 0.2) is 79.0 Å². The van der Waals surface area contributed by atoms with Gasteiger partial charge in [-0.3, -0.25) is 9.78 Å². The number of halogens is 1. The average Bonchev–Trinajstić information content (AvgIpc) is 2.66. The Morgan fingerprint density at radius 2 is 1.88 bits per heavy atom. The van der Waals surface area contributed by atoms with Crippen LogP contribution in [0.2, 0.25) is 5.02 Å². The second kappa shape index (κ2) is 8.27.